The fourth-order valence-corrected chi connectivity index (χ4v) is 2.31. The first-order valence-corrected chi connectivity index (χ1v) is 6.70. The Morgan fingerprint density at radius 3 is 2.79 bits per heavy atom. The molecule has 1 saturated heterocycles. The Hall–Kier alpha value is -1.62. The Kier molecular flexibility index (Phi) is 4.74. The van der Waals surface area contributed by atoms with Crippen LogP contribution in [0.3, 0.4) is 0 Å². The van der Waals surface area contributed by atoms with E-state index in [-0.39, 0.29) is 11.8 Å². The Bertz CT molecular complexity index is 421. The van der Waals surface area contributed by atoms with Gasteiger partial charge in [-0.3, -0.25) is 0 Å². The lowest BCUT2D eigenvalue weighted by molar-refractivity contribution is 0.250. The number of anilines is 1. The van der Waals surface area contributed by atoms with Crippen molar-refractivity contribution in [1.29, 1.82) is 0 Å². The summed E-state index contributed by atoms with van der Waals surface area (Å²) < 4.78 is 12.7. The first-order chi connectivity index (χ1) is 9.17. The topological polar surface area (TPSA) is 44.4 Å². The molecule has 0 spiro atoms. The van der Waals surface area contributed by atoms with Gasteiger partial charge in [-0.25, -0.2) is 9.18 Å². The SMILES string of the molecule is CCN1CC[C@H](CNC(=O)Nc2ccc(F)cc2)C1. The van der Waals surface area contributed by atoms with Gasteiger partial charge in [-0.2, -0.15) is 0 Å². The molecule has 0 aliphatic carbocycles. The van der Waals surface area contributed by atoms with Crippen molar-refractivity contribution in [2.24, 2.45) is 5.92 Å². The van der Waals surface area contributed by atoms with Crippen molar-refractivity contribution in [1.82, 2.24) is 10.2 Å². The summed E-state index contributed by atoms with van der Waals surface area (Å²) >= 11 is 0. The second-order valence-corrected chi connectivity index (χ2v) is 4.89. The summed E-state index contributed by atoms with van der Waals surface area (Å²) in [5, 5.41) is 5.55. The Balaban J connectivity index is 1.71. The highest BCUT2D eigenvalue weighted by Crippen LogP contribution is 2.14. The lowest BCUT2D eigenvalue weighted by Crippen LogP contribution is -2.34. The van der Waals surface area contributed by atoms with Crippen molar-refractivity contribution in [2.45, 2.75) is 13.3 Å². The maximum absolute atomic E-state index is 12.7. The van der Waals surface area contributed by atoms with Crippen LogP contribution < -0.4 is 10.6 Å². The van der Waals surface area contributed by atoms with E-state index in [4.69, 9.17) is 0 Å². The fourth-order valence-electron chi connectivity index (χ4n) is 2.31. The molecule has 5 heteroatoms. The maximum Gasteiger partial charge on any atom is 0.319 e. The number of rotatable bonds is 4. The van der Waals surface area contributed by atoms with Crippen molar-refractivity contribution >= 4 is 11.7 Å². The molecule has 1 atom stereocenters. The summed E-state index contributed by atoms with van der Waals surface area (Å²) in [5.41, 5.74) is 0.598. The molecule has 1 aromatic rings. The van der Waals surface area contributed by atoms with Crippen LogP contribution in [0.15, 0.2) is 24.3 Å². The molecular formula is C14H20FN3O. The van der Waals surface area contributed by atoms with Gasteiger partial charge in [0.2, 0.25) is 0 Å². The molecule has 2 amide bonds. The van der Waals surface area contributed by atoms with E-state index in [1.54, 1.807) is 12.1 Å². The van der Waals surface area contributed by atoms with Crippen LogP contribution in [0.4, 0.5) is 14.9 Å². The zero-order valence-corrected chi connectivity index (χ0v) is 11.2. The average molecular weight is 265 g/mol. The summed E-state index contributed by atoms with van der Waals surface area (Å²) in [7, 11) is 0. The van der Waals surface area contributed by atoms with Crippen LogP contribution in [0, 0.1) is 11.7 Å². The van der Waals surface area contributed by atoms with Crippen molar-refractivity contribution in [3.63, 3.8) is 0 Å². The molecule has 1 fully saturated rings. The molecule has 2 rings (SSSR count). The fraction of sp³-hybridized carbons (Fsp3) is 0.500. The molecule has 2 N–H and O–H groups in total. The number of hydrogen-bond donors (Lipinski definition) is 2. The number of carbonyl (C=O) groups excluding carboxylic acids is 1. The number of urea groups is 1. The third kappa shape index (κ3) is 4.21. The van der Waals surface area contributed by atoms with E-state index in [2.05, 4.69) is 22.5 Å². The number of nitrogens with zero attached hydrogens (tertiary/aromatic N) is 1. The standard InChI is InChI=1S/C14H20FN3O/c1-2-18-8-7-11(10-18)9-16-14(19)17-13-5-3-12(15)4-6-13/h3-6,11H,2,7-10H2,1H3,(H2,16,17,19)/t11-/m1/s1. The zero-order valence-electron chi connectivity index (χ0n) is 11.2. The second-order valence-electron chi connectivity index (χ2n) is 4.89. The molecule has 1 heterocycles. The van der Waals surface area contributed by atoms with Crippen molar-refractivity contribution in [3.8, 4) is 0 Å². The van der Waals surface area contributed by atoms with Gasteiger partial charge < -0.3 is 15.5 Å². The zero-order chi connectivity index (χ0) is 13.7. The van der Waals surface area contributed by atoms with Crippen molar-refractivity contribution < 1.29 is 9.18 Å². The van der Waals surface area contributed by atoms with Gasteiger partial charge >= 0.3 is 6.03 Å². The molecule has 1 aromatic carbocycles. The summed E-state index contributed by atoms with van der Waals surface area (Å²) in [5.74, 6) is 0.218. The quantitative estimate of drug-likeness (QED) is 0.877. The van der Waals surface area contributed by atoms with Gasteiger partial charge in [-0.1, -0.05) is 6.92 Å². The molecule has 0 unspecified atom stereocenters. The van der Waals surface area contributed by atoms with E-state index in [0.29, 0.717) is 18.2 Å². The molecule has 0 saturated carbocycles. The molecule has 104 valence electrons. The van der Waals surface area contributed by atoms with Crippen molar-refractivity contribution in [2.75, 3.05) is 31.5 Å². The molecule has 1 aliphatic heterocycles. The smallest absolute Gasteiger partial charge is 0.319 e. The van der Waals surface area contributed by atoms with Crippen LogP contribution in [0.25, 0.3) is 0 Å². The van der Waals surface area contributed by atoms with Gasteiger partial charge in [0.05, 0.1) is 0 Å². The summed E-state index contributed by atoms with van der Waals surface area (Å²) in [6, 6.07) is 5.51. The van der Waals surface area contributed by atoms with Gasteiger partial charge in [0.15, 0.2) is 0 Å². The highest BCUT2D eigenvalue weighted by atomic mass is 19.1. The largest absolute Gasteiger partial charge is 0.338 e. The Morgan fingerprint density at radius 1 is 1.42 bits per heavy atom. The van der Waals surface area contributed by atoms with Crippen LogP contribution in [-0.4, -0.2) is 37.1 Å². The second kappa shape index (κ2) is 6.52. The predicted molar refractivity (Wildman–Crippen MR) is 73.6 cm³/mol. The average Bonchev–Trinajstić information content (AvgIpc) is 2.87. The lowest BCUT2D eigenvalue weighted by Gasteiger charge is -2.14. The van der Waals surface area contributed by atoms with Gasteiger partial charge in [0.1, 0.15) is 5.82 Å². The number of likely N-dealkylation sites (tertiary alicyclic amines) is 1. The van der Waals surface area contributed by atoms with Crippen LogP contribution in [0.5, 0.6) is 0 Å². The number of carbonyl (C=O) groups is 1. The number of amides is 2. The molecule has 0 bridgehead atoms. The van der Waals surface area contributed by atoms with Gasteiger partial charge in [0, 0.05) is 18.8 Å². The number of nitrogens with one attached hydrogen (secondary N) is 2. The third-order valence-electron chi connectivity index (χ3n) is 3.47. The molecule has 19 heavy (non-hydrogen) atoms. The van der Waals surface area contributed by atoms with Crippen LogP contribution in [-0.2, 0) is 0 Å². The van der Waals surface area contributed by atoms with E-state index in [0.717, 1.165) is 26.1 Å². The molecule has 0 radical (unpaired) electrons. The minimum Gasteiger partial charge on any atom is -0.338 e. The normalized spacial score (nSPS) is 19.4. The maximum atomic E-state index is 12.7. The monoisotopic (exact) mass is 265 g/mol. The minimum absolute atomic E-state index is 0.235. The Morgan fingerprint density at radius 2 is 2.16 bits per heavy atom. The van der Waals surface area contributed by atoms with Crippen molar-refractivity contribution in [3.05, 3.63) is 30.1 Å². The lowest BCUT2D eigenvalue weighted by atomic mass is 10.1. The first kappa shape index (κ1) is 13.8. The summed E-state index contributed by atoms with van der Waals surface area (Å²) in [6.45, 7) is 6.06. The Labute approximate surface area is 113 Å². The summed E-state index contributed by atoms with van der Waals surface area (Å²) in [6.07, 6.45) is 1.13. The molecule has 4 nitrogen and oxygen atoms in total. The molecule has 1 aliphatic rings. The van der Waals surface area contributed by atoms with E-state index < -0.39 is 0 Å². The number of benzene rings is 1. The molecular weight excluding hydrogens is 245 g/mol. The van der Waals surface area contributed by atoms with E-state index in [9.17, 15) is 9.18 Å². The van der Waals surface area contributed by atoms with E-state index in [1.165, 1.54) is 12.1 Å². The third-order valence-corrected chi connectivity index (χ3v) is 3.47. The van der Waals surface area contributed by atoms with E-state index >= 15 is 0 Å². The summed E-state index contributed by atoms with van der Waals surface area (Å²) in [4.78, 5) is 14.1. The van der Waals surface area contributed by atoms with Crippen LogP contribution >= 0.6 is 0 Å². The predicted octanol–water partition coefficient (Wildman–Crippen LogP) is 2.29. The van der Waals surface area contributed by atoms with Crippen LogP contribution in [0.2, 0.25) is 0 Å². The minimum atomic E-state index is -0.309. The first-order valence-electron chi connectivity index (χ1n) is 6.70. The number of halogens is 1. The molecule has 0 aromatic heterocycles. The van der Waals surface area contributed by atoms with Gasteiger partial charge in [0.25, 0.3) is 0 Å². The van der Waals surface area contributed by atoms with Gasteiger partial charge in [-0.05, 0) is 49.7 Å². The van der Waals surface area contributed by atoms with E-state index in [1.807, 2.05) is 0 Å². The number of hydrogen-bond acceptors (Lipinski definition) is 2. The van der Waals surface area contributed by atoms with Gasteiger partial charge in [-0.15, -0.1) is 0 Å². The van der Waals surface area contributed by atoms with Crippen LogP contribution in [0.1, 0.15) is 13.3 Å². The highest BCUT2D eigenvalue weighted by Gasteiger charge is 2.21. The highest BCUT2D eigenvalue weighted by molar-refractivity contribution is 5.89.